The molecular formula is C14H13N5O. The average molecular weight is 267 g/mol. The third-order valence-electron chi connectivity index (χ3n) is 2.90. The van der Waals surface area contributed by atoms with Crippen LogP contribution in [-0.4, -0.2) is 20.1 Å². The number of rotatable bonds is 3. The van der Waals surface area contributed by atoms with E-state index in [1.54, 1.807) is 24.4 Å². The Morgan fingerprint density at radius 3 is 2.85 bits per heavy atom. The first kappa shape index (κ1) is 12.3. The fraction of sp³-hybridized carbons (Fsp3) is 0.143. The predicted octanol–water partition coefficient (Wildman–Crippen LogP) is 2.34. The molecule has 0 aliphatic carbocycles. The number of anilines is 1. The zero-order valence-electron chi connectivity index (χ0n) is 10.9. The van der Waals surface area contributed by atoms with Crippen LogP contribution in [0.5, 0.6) is 0 Å². The first-order valence-electron chi connectivity index (χ1n) is 6.29. The molecule has 0 amide bonds. The highest BCUT2D eigenvalue weighted by Gasteiger charge is 2.14. The second-order valence-corrected chi connectivity index (χ2v) is 4.24. The fourth-order valence-corrected chi connectivity index (χ4v) is 1.92. The normalized spacial score (nSPS) is 10.7. The van der Waals surface area contributed by atoms with Crippen molar-refractivity contribution >= 4 is 5.82 Å². The van der Waals surface area contributed by atoms with Gasteiger partial charge in [-0.3, -0.25) is 4.98 Å². The quantitative estimate of drug-likeness (QED) is 0.783. The fourth-order valence-electron chi connectivity index (χ4n) is 1.92. The van der Waals surface area contributed by atoms with E-state index in [-0.39, 0.29) is 0 Å². The Kier molecular flexibility index (Phi) is 3.12. The van der Waals surface area contributed by atoms with Gasteiger partial charge in [-0.05, 0) is 30.2 Å². The van der Waals surface area contributed by atoms with Crippen LogP contribution < -0.4 is 5.73 Å². The molecule has 0 bridgehead atoms. The molecule has 0 aromatic carbocycles. The second-order valence-electron chi connectivity index (χ2n) is 4.24. The Bertz CT molecular complexity index is 738. The van der Waals surface area contributed by atoms with Crippen molar-refractivity contribution in [2.45, 2.75) is 13.3 Å². The molecule has 3 aromatic rings. The molecule has 0 atom stereocenters. The molecule has 3 rings (SSSR count). The molecule has 0 fully saturated rings. The lowest BCUT2D eigenvalue weighted by Crippen LogP contribution is -1.93. The van der Waals surface area contributed by atoms with E-state index in [9.17, 15) is 0 Å². The van der Waals surface area contributed by atoms with Gasteiger partial charge in [0.2, 0.25) is 5.82 Å². The SMILES string of the molecule is CCc1cccnc1-c1noc(-c2cccc(N)n2)n1. The molecule has 6 nitrogen and oxygen atoms in total. The van der Waals surface area contributed by atoms with E-state index in [0.29, 0.717) is 23.2 Å². The molecule has 20 heavy (non-hydrogen) atoms. The molecule has 100 valence electrons. The molecular weight excluding hydrogens is 254 g/mol. The van der Waals surface area contributed by atoms with Gasteiger partial charge in [0.25, 0.3) is 5.89 Å². The number of pyridine rings is 2. The minimum atomic E-state index is 0.333. The Balaban J connectivity index is 2.02. The lowest BCUT2D eigenvalue weighted by molar-refractivity contribution is 0.431. The van der Waals surface area contributed by atoms with E-state index in [0.717, 1.165) is 17.7 Å². The van der Waals surface area contributed by atoms with Gasteiger partial charge in [-0.15, -0.1) is 0 Å². The van der Waals surface area contributed by atoms with Crippen LogP contribution in [0.1, 0.15) is 12.5 Å². The minimum Gasteiger partial charge on any atom is -0.384 e. The van der Waals surface area contributed by atoms with Crippen molar-refractivity contribution in [3.8, 4) is 23.1 Å². The lowest BCUT2D eigenvalue weighted by atomic mass is 10.1. The maximum Gasteiger partial charge on any atom is 0.276 e. The third-order valence-corrected chi connectivity index (χ3v) is 2.90. The summed E-state index contributed by atoms with van der Waals surface area (Å²) in [6.07, 6.45) is 2.56. The summed E-state index contributed by atoms with van der Waals surface area (Å²) in [6.45, 7) is 2.06. The monoisotopic (exact) mass is 267 g/mol. The number of aromatic nitrogens is 4. The number of hydrogen-bond donors (Lipinski definition) is 1. The summed E-state index contributed by atoms with van der Waals surface area (Å²) in [5, 5.41) is 3.97. The molecule has 3 aromatic heterocycles. The van der Waals surface area contributed by atoms with Gasteiger partial charge in [0.1, 0.15) is 17.2 Å². The maximum atomic E-state index is 5.65. The summed E-state index contributed by atoms with van der Waals surface area (Å²) in [5.41, 5.74) is 8.00. The van der Waals surface area contributed by atoms with Crippen LogP contribution >= 0.6 is 0 Å². The zero-order valence-corrected chi connectivity index (χ0v) is 10.9. The van der Waals surface area contributed by atoms with Crippen LogP contribution in [0.2, 0.25) is 0 Å². The number of nitrogens with zero attached hydrogens (tertiary/aromatic N) is 4. The highest BCUT2D eigenvalue weighted by Crippen LogP contribution is 2.22. The summed E-state index contributed by atoms with van der Waals surface area (Å²) in [5.74, 6) is 1.20. The second kappa shape index (κ2) is 5.08. The van der Waals surface area contributed by atoms with Crippen molar-refractivity contribution in [2.24, 2.45) is 0 Å². The van der Waals surface area contributed by atoms with Gasteiger partial charge in [0.15, 0.2) is 0 Å². The van der Waals surface area contributed by atoms with Crippen molar-refractivity contribution in [1.29, 1.82) is 0 Å². The molecule has 3 heterocycles. The van der Waals surface area contributed by atoms with E-state index in [1.807, 2.05) is 12.1 Å². The van der Waals surface area contributed by atoms with Gasteiger partial charge < -0.3 is 10.3 Å². The van der Waals surface area contributed by atoms with Crippen LogP contribution in [-0.2, 0) is 6.42 Å². The molecule has 0 spiro atoms. The van der Waals surface area contributed by atoms with Crippen LogP contribution in [0, 0.1) is 0 Å². The highest BCUT2D eigenvalue weighted by atomic mass is 16.5. The number of aryl methyl sites for hydroxylation is 1. The van der Waals surface area contributed by atoms with Gasteiger partial charge in [0, 0.05) is 6.20 Å². The molecule has 0 aliphatic heterocycles. The van der Waals surface area contributed by atoms with Crippen LogP contribution in [0.15, 0.2) is 41.1 Å². The predicted molar refractivity (Wildman–Crippen MR) is 74.6 cm³/mol. The molecule has 0 saturated heterocycles. The van der Waals surface area contributed by atoms with Gasteiger partial charge in [-0.25, -0.2) is 4.98 Å². The largest absolute Gasteiger partial charge is 0.384 e. The lowest BCUT2D eigenvalue weighted by Gasteiger charge is -2.00. The molecule has 2 N–H and O–H groups in total. The average Bonchev–Trinajstić information content (AvgIpc) is 2.97. The third kappa shape index (κ3) is 2.23. The molecule has 0 aliphatic rings. The van der Waals surface area contributed by atoms with E-state index in [1.165, 1.54) is 0 Å². The first-order chi connectivity index (χ1) is 9.78. The Hall–Kier alpha value is -2.76. The molecule has 6 heteroatoms. The van der Waals surface area contributed by atoms with Crippen LogP contribution in [0.3, 0.4) is 0 Å². The molecule has 0 radical (unpaired) electrons. The van der Waals surface area contributed by atoms with Crippen molar-refractivity contribution in [2.75, 3.05) is 5.73 Å². The van der Waals surface area contributed by atoms with Gasteiger partial charge >= 0.3 is 0 Å². The summed E-state index contributed by atoms with van der Waals surface area (Å²) in [7, 11) is 0. The maximum absolute atomic E-state index is 5.65. The van der Waals surface area contributed by atoms with Crippen molar-refractivity contribution < 1.29 is 4.52 Å². The van der Waals surface area contributed by atoms with E-state index < -0.39 is 0 Å². The summed E-state index contributed by atoms with van der Waals surface area (Å²) in [4.78, 5) is 12.8. The van der Waals surface area contributed by atoms with Crippen molar-refractivity contribution in [3.05, 3.63) is 42.1 Å². The zero-order chi connectivity index (χ0) is 13.9. The van der Waals surface area contributed by atoms with Crippen LogP contribution in [0.25, 0.3) is 23.1 Å². The first-order valence-corrected chi connectivity index (χ1v) is 6.29. The van der Waals surface area contributed by atoms with Crippen molar-refractivity contribution in [3.63, 3.8) is 0 Å². The summed E-state index contributed by atoms with van der Waals surface area (Å²) >= 11 is 0. The van der Waals surface area contributed by atoms with Crippen LogP contribution in [0.4, 0.5) is 5.82 Å². The standard InChI is InChI=1S/C14H13N5O/c1-2-9-5-4-8-16-12(9)13-18-14(20-19-13)10-6-3-7-11(15)17-10/h3-8H,2H2,1H3,(H2,15,17). The topological polar surface area (TPSA) is 90.7 Å². The Labute approximate surface area is 115 Å². The molecule has 0 saturated carbocycles. The Morgan fingerprint density at radius 1 is 1.15 bits per heavy atom. The Morgan fingerprint density at radius 2 is 2.05 bits per heavy atom. The van der Waals surface area contributed by atoms with E-state index in [2.05, 4.69) is 27.0 Å². The van der Waals surface area contributed by atoms with Gasteiger partial charge in [0.05, 0.1) is 0 Å². The number of hydrogen-bond acceptors (Lipinski definition) is 6. The van der Waals surface area contributed by atoms with E-state index in [4.69, 9.17) is 10.3 Å². The summed E-state index contributed by atoms with van der Waals surface area (Å²) < 4.78 is 5.24. The minimum absolute atomic E-state index is 0.333. The molecule has 0 unspecified atom stereocenters. The van der Waals surface area contributed by atoms with Gasteiger partial charge in [-0.1, -0.05) is 24.2 Å². The van der Waals surface area contributed by atoms with Crippen molar-refractivity contribution in [1.82, 2.24) is 20.1 Å². The summed E-state index contributed by atoms with van der Waals surface area (Å²) in [6, 6.07) is 9.15. The highest BCUT2D eigenvalue weighted by molar-refractivity contribution is 5.58. The smallest absolute Gasteiger partial charge is 0.276 e. The number of nitrogen functional groups attached to an aromatic ring is 1. The van der Waals surface area contributed by atoms with E-state index >= 15 is 0 Å². The van der Waals surface area contributed by atoms with Gasteiger partial charge in [-0.2, -0.15) is 4.98 Å². The number of nitrogens with two attached hydrogens (primary N) is 1.